The highest BCUT2D eigenvalue weighted by atomic mass is 79.9. The lowest BCUT2D eigenvalue weighted by Crippen LogP contribution is -2.20. The average molecular weight is 330 g/mol. The molecule has 2 aromatic heterocycles. The van der Waals surface area contributed by atoms with E-state index in [-0.39, 0.29) is 18.1 Å². The smallest absolute Gasteiger partial charge is 0.352 e. The first-order chi connectivity index (χ1) is 8.56. The van der Waals surface area contributed by atoms with E-state index in [1.54, 1.807) is 18.5 Å². The molecule has 0 bridgehead atoms. The van der Waals surface area contributed by atoms with Crippen LogP contribution in [0.1, 0.15) is 10.5 Å². The highest BCUT2D eigenvalue weighted by molar-refractivity contribution is 9.11. The maximum atomic E-state index is 11.7. The lowest BCUT2D eigenvalue weighted by atomic mass is 10.4. The van der Waals surface area contributed by atoms with Crippen LogP contribution in [0.15, 0.2) is 28.3 Å². The molecule has 0 aliphatic heterocycles. The second kappa shape index (κ2) is 5.32. The fourth-order valence-electron chi connectivity index (χ4n) is 1.37. The molecule has 8 heteroatoms. The van der Waals surface area contributed by atoms with Crippen LogP contribution < -0.4 is 5.32 Å². The number of thiazole rings is 1. The number of carboxylic acids is 1. The fraction of sp³-hybridized carbons (Fsp3) is 0.100. The summed E-state index contributed by atoms with van der Waals surface area (Å²) in [6, 6.07) is 3.02. The summed E-state index contributed by atoms with van der Waals surface area (Å²) in [5.41, 5.74) is 0.0745. The molecular formula is C10H8BrN3O3S. The highest BCUT2D eigenvalue weighted by Gasteiger charge is 2.12. The molecule has 18 heavy (non-hydrogen) atoms. The van der Waals surface area contributed by atoms with E-state index in [4.69, 9.17) is 5.11 Å². The van der Waals surface area contributed by atoms with Crippen LogP contribution in [0.25, 0.3) is 0 Å². The van der Waals surface area contributed by atoms with E-state index in [1.807, 2.05) is 0 Å². The first kappa shape index (κ1) is 12.8. The number of aromatic carboxylic acids is 1. The number of amides is 1. The Hall–Kier alpha value is -1.67. The number of aromatic nitrogens is 2. The van der Waals surface area contributed by atoms with Gasteiger partial charge in [0.15, 0.2) is 5.13 Å². The summed E-state index contributed by atoms with van der Waals surface area (Å²) < 4.78 is 2.17. The Labute approximate surface area is 114 Å². The van der Waals surface area contributed by atoms with Crippen molar-refractivity contribution in [1.82, 2.24) is 9.55 Å². The number of hydrogen-bond acceptors (Lipinski definition) is 4. The van der Waals surface area contributed by atoms with Gasteiger partial charge in [0.2, 0.25) is 5.91 Å². The predicted molar refractivity (Wildman–Crippen MR) is 69.8 cm³/mol. The van der Waals surface area contributed by atoms with E-state index in [1.165, 1.54) is 22.0 Å². The van der Waals surface area contributed by atoms with E-state index in [9.17, 15) is 9.59 Å². The topological polar surface area (TPSA) is 84.2 Å². The van der Waals surface area contributed by atoms with Crippen LogP contribution in [0.5, 0.6) is 0 Å². The molecule has 0 saturated carbocycles. The van der Waals surface area contributed by atoms with Gasteiger partial charge >= 0.3 is 5.97 Å². The molecule has 2 aromatic rings. The number of carbonyl (C=O) groups is 2. The zero-order chi connectivity index (χ0) is 13.1. The van der Waals surface area contributed by atoms with Gasteiger partial charge in [-0.1, -0.05) is 11.3 Å². The number of rotatable bonds is 4. The summed E-state index contributed by atoms with van der Waals surface area (Å²) in [5, 5.41) is 12.0. The number of halogens is 1. The van der Waals surface area contributed by atoms with Crippen LogP contribution in [0, 0.1) is 0 Å². The van der Waals surface area contributed by atoms with E-state index in [2.05, 4.69) is 26.2 Å². The molecule has 0 spiro atoms. The Morgan fingerprint density at radius 1 is 1.56 bits per heavy atom. The number of anilines is 1. The molecule has 0 saturated heterocycles. The van der Waals surface area contributed by atoms with Gasteiger partial charge in [0.05, 0.1) is 9.98 Å². The Morgan fingerprint density at radius 3 is 2.94 bits per heavy atom. The SMILES string of the molecule is O=C(Cn1cccc1C(=O)O)Nc1ncc(Br)s1. The molecule has 0 aliphatic rings. The fourth-order valence-corrected chi connectivity index (χ4v) is 2.49. The van der Waals surface area contributed by atoms with Crippen molar-refractivity contribution in [3.05, 3.63) is 34.0 Å². The first-order valence-electron chi connectivity index (χ1n) is 4.86. The van der Waals surface area contributed by atoms with Gasteiger partial charge in [-0.25, -0.2) is 9.78 Å². The molecular weight excluding hydrogens is 322 g/mol. The minimum absolute atomic E-state index is 0.0637. The maximum absolute atomic E-state index is 11.7. The number of hydrogen-bond donors (Lipinski definition) is 2. The summed E-state index contributed by atoms with van der Waals surface area (Å²) in [7, 11) is 0. The zero-order valence-corrected chi connectivity index (χ0v) is 11.4. The van der Waals surface area contributed by atoms with Crippen LogP contribution in [0.3, 0.4) is 0 Å². The number of carboxylic acid groups (broad SMARTS) is 1. The normalized spacial score (nSPS) is 10.3. The van der Waals surface area contributed by atoms with Gasteiger partial charge in [-0.3, -0.25) is 4.79 Å². The zero-order valence-electron chi connectivity index (χ0n) is 8.96. The van der Waals surface area contributed by atoms with Gasteiger partial charge in [0.25, 0.3) is 0 Å². The molecule has 0 atom stereocenters. The maximum Gasteiger partial charge on any atom is 0.352 e. The minimum Gasteiger partial charge on any atom is -0.477 e. The highest BCUT2D eigenvalue weighted by Crippen LogP contribution is 2.23. The second-order valence-corrected chi connectivity index (χ2v) is 5.75. The molecule has 0 aliphatic carbocycles. The molecule has 6 nitrogen and oxygen atoms in total. The van der Waals surface area contributed by atoms with Crippen molar-refractivity contribution in [1.29, 1.82) is 0 Å². The van der Waals surface area contributed by atoms with E-state index >= 15 is 0 Å². The third-order valence-corrected chi connectivity index (χ3v) is 3.48. The third-order valence-electron chi connectivity index (χ3n) is 2.09. The summed E-state index contributed by atoms with van der Waals surface area (Å²) in [6.45, 7) is -0.0637. The van der Waals surface area contributed by atoms with Crippen molar-refractivity contribution in [2.75, 3.05) is 5.32 Å². The number of nitrogens with zero attached hydrogens (tertiary/aromatic N) is 2. The largest absolute Gasteiger partial charge is 0.477 e. The van der Waals surface area contributed by atoms with Crippen LogP contribution in [-0.4, -0.2) is 26.5 Å². The molecule has 0 aromatic carbocycles. The summed E-state index contributed by atoms with van der Waals surface area (Å²) in [5.74, 6) is -1.39. The van der Waals surface area contributed by atoms with Crippen molar-refractivity contribution in [3.63, 3.8) is 0 Å². The lowest BCUT2D eigenvalue weighted by Gasteiger charge is -2.05. The quantitative estimate of drug-likeness (QED) is 0.899. The van der Waals surface area contributed by atoms with E-state index in [0.29, 0.717) is 5.13 Å². The summed E-state index contributed by atoms with van der Waals surface area (Å²) >= 11 is 4.52. The molecule has 2 rings (SSSR count). The molecule has 1 amide bonds. The Kier molecular flexibility index (Phi) is 3.78. The molecule has 0 radical (unpaired) electrons. The Balaban J connectivity index is 2.03. The monoisotopic (exact) mass is 329 g/mol. The van der Waals surface area contributed by atoms with Gasteiger partial charge in [0.1, 0.15) is 12.2 Å². The van der Waals surface area contributed by atoms with Crippen molar-refractivity contribution in [2.24, 2.45) is 0 Å². The van der Waals surface area contributed by atoms with Crippen molar-refractivity contribution < 1.29 is 14.7 Å². The lowest BCUT2D eigenvalue weighted by molar-refractivity contribution is -0.116. The molecule has 0 unspecified atom stereocenters. The van der Waals surface area contributed by atoms with Crippen molar-refractivity contribution in [3.8, 4) is 0 Å². The minimum atomic E-state index is -1.07. The molecule has 2 N–H and O–H groups in total. The average Bonchev–Trinajstić information content (AvgIpc) is 2.87. The third kappa shape index (κ3) is 2.96. The van der Waals surface area contributed by atoms with Crippen LogP contribution >= 0.6 is 27.3 Å². The van der Waals surface area contributed by atoms with E-state index < -0.39 is 5.97 Å². The number of nitrogens with one attached hydrogen (secondary N) is 1. The van der Waals surface area contributed by atoms with Gasteiger partial charge in [-0.05, 0) is 28.1 Å². The summed E-state index contributed by atoms with van der Waals surface area (Å²) in [6.07, 6.45) is 3.12. The van der Waals surface area contributed by atoms with Gasteiger partial charge < -0.3 is 15.0 Å². The standard InChI is InChI=1S/C10H8BrN3O3S/c11-7-4-12-10(18-7)13-8(15)5-14-3-1-2-6(14)9(16)17/h1-4H,5H2,(H,16,17)(H,12,13,15). The first-order valence-corrected chi connectivity index (χ1v) is 6.47. The van der Waals surface area contributed by atoms with Crippen LogP contribution in [0.2, 0.25) is 0 Å². The Bertz CT molecular complexity index is 593. The van der Waals surface area contributed by atoms with Gasteiger partial charge in [0, 0.05) is 6.20 Å². The van der Waals surface area contributed by atoms with Crippen molar-refractivity contribution in [2.45, 2.75) is 6.54 Å². The molecule has 0 fully saturated rings. The summed E-state index contributed by atoms with van der Waals surface area (Å²) in [4.78, 5) is 26.5. The predicted octanol–water partition coefficient (Wildman–Crippen LogP) is 2.04. The Morgan fingerprint density at radius 2 is 2.33 bits per heavy atom. The van der Waals surface area contributed by atoms with Crippen LogP contribution in [0.4, 0.5) is 5.13 Å². The van der Waals surface area contributed by atoms with Gasteiger partial charge in [-0.15, -0.1) is 0 Å². The number of carbonyl (C=O) groups excluding carboxylic acids is 1. The van der Waals surface area contributed by atoms with E-state index in [0.717, 1.165) is 3.79 Å². The molecule has 94 valence electrons. The van der Waals surface area contributed by atoms with Gasteiger partial charge in [-0.2, -0.15) is 0 Å². The second-order valence-electron chi connectivity index (χ2n) is 3.34. The van der Waals surface area contributed by atoms with Crippen LogP contribution in [-0.2, 0) is 11.3 Å². The van der Waals surface area contributed by atoms with Crippen molar-refractivity contribution >= 4 is 44.3 Å². The molecule has 2 heterocycles.